The van der Waals surface area contributed by atoms with Crippen LogP contribution in [0.25, 0.3) is 0 Å². The van der Waals surface area contributed by atoms with Crippen molar-refractivity contribution in [2.24, 2.45) is 11.8 Å². The Hall–Kier alpha value is -1.06. The van der Waals surface area contributed by atoms with E-state index in [1.54, 1.807) is 0 Å². The molecule has 0 bridgehead atoms. The van der Waals surface area contributed by atoms with Crippen LogP contribution in [0.4, 0.5) is 0 Å². The van der Waals surface area contributed by atoms with Gasteiger partial charge in [-0.05, 0) is 31.1 Å². The topological polar surface area (TPSA) is 40.6 Å². The largest absolute Gasteiger partial charge is 0.329 e. The summed E-state index contributed by atoms with van der Waals surface area (Å²) in [5, 5.41) is 0. The van der Waals surface area contributed by atoms with E-state index in [-0.39, 0.29) is 23.9 Å². The molecule has 3 unspecified atom stereocenters. The van der Waals surface area contributed by atoms with Crippen LogP contribution in [-0.4, -0.2) is 46.8 Å². The van der Waals surface area contributed by atoms with Gasteiger partial charge in [-0.2, -0.15) is 0 Å². The Morgan fingerprint density at radius 3 is 2.47 bits per heavy atom. The Labute approximate surface area is 116 Å². The van der Waals surface area contributed by atoms with E-state index in [0.717, 1.165) is 25.8 Å². The first kappa shape index (κ1) is 14.4. The normalized spacial score (nSPS) is 29.1. The minimum atomic E-state index is -0.233. The van der Waals surface area contributed by atoms with Crippen LogP contribution in [0.2, 0.25) is 0 Å². The van der Waals surface area contributed by atoms with Gasteiger partial charge >= 0.3 is 0 Å². The summed E-state index contributed by atoms with van der Waals surface area (Å²) in [5.41, 5.74) is 0. The van der Waals surface area contributed by atoms with E-state index in [1.807, 2.05) is 16.7 Å². The molecule has 2 rings (SSSR count). The van der Waals surface area contributed by atoms with Crippen molar-refractivity contribution in [3.05, 3.63) is 0 Å². The fourth-order valence-corrected chi connectivity index (χ4v) is 3.09. The van der Waals surface area contributed by atoms with E-state index < -0.39 is 0 Å². The van der Waals surface area contributed by atoms with Gasteiger partial charge in [0, 0.05) is 13.1 Å². The summed E-state index contributed by atoms with van der Waals surface area (Å²) in [6.45, 7) is 9.98. The molecular formula is C15H26N2O2. The molecule has 108 valence electrons. The van der Waals surface area contributed by atoms with Crippen molar-refractivity contribution in [3.63, 3.8) is 0 Å². The molecule has 0 spiro atoms. The summed E-state index contributed by atoms with van der Waals surface area (Å²) in [4.78, 5) is 28.8. The third kappa shape index (κ3) is 2.49. The molecule has 4 nitrogen and oxygen atoms in total. The van der Waals surface area contributed by atoms with Crippen molar-refractivity contribution >= 4 is 11.8 Å². The van der Waals surface area contributed by atoms with Crippen LogP contribution in [0.5, 0.6) is 0 Å². The number of nitrogens with zero attached hydrogens (tertiary/aromatic N) is 2. The summed E-state index contributed by atoms with van der Waals surface area (Å²) in [7, 11) is 0. The van der Waals surface area contributed by atoms with Crippen LogP contribution in [0, 0.1) is 11.8 Å². The molecule has 2 saturated heterocycles. The quantitative estimate of drug-likeness (QED) is 0.779. The fourth-order valence-electron chi connectivity index (χ4n) is 3.09. The highest BCUT2D eigenvalue weighted by molar-refractivity contribution is 5.97. The van der Waals surface area contributed by atoms with Crippen molar-refractivity contribution in [3.8, 4) is 0 Å². The first-order valence-electron chi connectivity index (χ1n) is 7.58. The van der Waals surface area contributed by atoms with Crippen molar-refractivity contribution in [2.75, 3.05) is 13.1 Å². The van der Waals surface area contributed by atoms with Gasteiger partial charge in [-0.1, -0.05) is 27.7 Å². The Bertz CT molecular complexity index is 367. The predicted octanol–water partition coefficient (Wildman–Crippen LogP) is 1.89. The maximum absolute atomic E-state index is 12.6. The molecule has 0 aromatic rings. The van der Waals surface area contributed by atoms with Crippen LogP contribution in [0.15, 0.2) is 0 Å². The molecule has 19 heavy (non-hydrogen) atoms. The van der Waals surface area contributed by atoms with Crippen LogP contribution < -0.4 is 0 Å². The molecule has 0 aromatic carbocycles. The first-order chi connectivity index (χ1) is 8.97. The molecule has 2 fully saturated rings. The number of rotatable bonds is 4. The molecule has 0 aliphatic carbocycles. The molecule has 0 aromatic heterocycles. The third-order valence-electron chi connectivity index (χ3n) is 4.77. The van der Waals surface area contributed by atoms with Crippen molar-refractivity contribution in [1.82, 2.24) is 9.80 Å². The maximum Gasteiger partial charge on any atom is 0.246 e. The summed E-state index contributed by atoms with van der Waals surface area (Å²) in [5.74, 6) is 1.30. The van der Waals surface area contributed by atoms with E-state index in [4.69, 9.17) is 0 Å². The molecule has 4 heteroatoms. The molecule has 2 amide bonds. The van der Waals surface area contributed by atoms with Crippen LogP contribution in [-0.2, 0) is 9.59 Å². The van der Waals surface area contributed by atoms with Gasteiger partial charge < -0.3 is 9.80 Å². The number of piperazine rings is 1. The molecule has 3 atom stereocenters. The van der Waals surface area contributed by atoms with Crippen molar-refractivity contribution in [2.45, 2.75) is 59.0 Å². The second-order valence-corrected chi connectivity index (χ2v) is 6.33. The molecule has 2 heterocycles. The molecule has 0 saturated carbocycles. The highest BCUT2D eigenvalue weighted by Gasteiger charge is 2.47. The highest BCUT2D eigenvalue weighted by Crippen LogP contribution is 2.29. The van der Waals surface area contributed by atoms with Crippen LogP contribution in [0.3, 0.4) is 0 Å². The van der Waals surface area contributed by atoms with Gasteiger partial charge in [0.2, 0.25) is 11.8 Å². The van der Waals surface area contributed by atoms with Gasteiger partial charge in [-0.3, -0.25) is 9.59 Å². The second-order valence-electron chi connectivity index (χ2n) is 6.33. The van der Waals surface area contributed by atoms with Gasteiger partial charge in [0.15, 0.2) is 0 Å². The van der Waals surface area contributed by atoms with E-state index in [9.17, 15) is 9.59 Å². The van der Waals surface area contributed by atoms with Crippen molar-refractivity contribution < 1.29 is 9.59 Å². The Balaban J connectivity index is 2.19. The van der Waals surface area contributed by atoms with E-state index in [2.05, 4.69) is 20.8 Å². The lowest BCUT2D eigenvalue weighted by atomic mass is 9.94. The highest BCUT2D eigenvalue weighted by atomic mass is 16.2. The average Bonchev–Trinajstić information content (AvgIpc) is 2.85. The van der Waals surface area contributed by atoms with Crippen molar-refractivity contribution in [1.29, 1.82) is 0 Å². The van der Waals surface area contributed by atoms with Crippen LogP contribution >= 0.6 is 0 Å². The Morgan fingerprint density at radius 2 is 1.89 bits per heavy atom. The SMILES string of the molecule is CCC1C(=O)N2CCCC2C(=O)N1CC(C)C(C)C. The molecule has 2 aliphatic rings. The van der Waals surface area contributed by atoms with E-state index >= 15 is 0 Å². The summed E-state index contributed by atoms with van der Waals surface area (Å²) >= 11 is 0. The molecule has 0 N–H and O–H groups in total. The van der Waals surface area contributed by atoms with Gasteiger partial charge in [-0.25, -0.2) is 0 Å². The lowest BCUT2D eigenvalue weighted by Crippen LogP contribution is -2.63. The maximum atomic E-state index is 12.6. The summed E-state index contributed by atoms with van der Waals surface area (Å²) < 4.78 is 0. The van der Waals surface area contributed by atoms with Gasteiger partial charge in [-0.15, -0.1) is 0 Å². The van der Waals surface area contributed by atoms with Crippen LogP contribution in [0.1, 0.15) is 47.0 Å². The standard InChI is InChI=1S/C15H26N2O2/c1-5-12-14(18)16-8-6-7-13(16)15(19)17(12)9-11(4)10(2)3/h10-13H,5-9H2,1-4H3. The van der Waals surface area contributed by atoms with Gasteiger partial charge in [0.1, 0.15) is 12.1 Å². The van der Waals surface area contributed by atoms with Gasteiger partial charge in [0.05, 0.1) is 0 Å². The second kappa shape index (κ2) is 5.51. The fraction of sp³-hybridized carbons (Fsp3) is 0.867. The minimum absolute atomic E-state index is 0.167. The predicted molar refractivity (Wildman–Crippen MR) is 74.5 cm³/mol. The zero-order valence-corrected chi connectivity index (χ0v) is 12.6. The Morgan fingerprint density at radius 1 is 1.21 bits per heavy atom. The number of hydrogen-bond acceptors (Lipinski definition) is 2. The summed E-state index contributed by atoms with van der Waals surface area (Å²) in [6.07, 6.45) is 2.53. The number of fused-ring (bicyclic) bond motifs is 1. The number of amides is 2. The smallest absolute Gasteiger partial charge is 0.246 e. The third-order valence-corrected chi connectivity index (χ3v) is 4.77. The number of hydrogen-bond donors (Lipinski definition) is 0. The lowest BCUT2D eigenvalue weighted by Gasteiger charge is -2.43. The zero-order valence-electron chi connectivity index (χ0n) is 12.6. The lowest BCUT2D eigenvalue weighted by molar-refractivity contribution is -0.160. The van der Waals surface area contributed by atoms with E-state index in [1.165, 1.54) is 0 Å². The van der Waals surface area contributed by atoms with E-state index in [0.29, 0.717) is 18.4 Å². The Kier molecular flexibility index (Phi) is 4.16. The summed E-state index contributed by atoms with van der Waals surface area (Å²) in [6, 6.07) is -0.405. The minimum Gasteiger partial charge on any atom is -0.329 e. The molecule has 2 aliphatic heterocycles. The average molecular weight is 266 g/mol. The number of carbonyl (C=O) groups is 2. The molecule has 0 radical (unpaired) electrons. The number of carbonyl (C=O) groups excluding carboxylic acids is 2. The first-order valence-corrected chi connectivity index (χ1v) is 7.58. The monoisotopic (exact) mass is 266 g/mol. The van der Waals surface area contributed by atoms with Gasteiger partial charge in [0.25, 0.3) is 0 Å². The molecular weight excluding hydrogens is 240 g/mol. The zero-order chi connectivity index (χ0) is 14.2.